The number of nitrogens with two attached hydrogens (primary N) is 1. The fourth-order valence-electron chi connectivity index (χ4n) is 4.07. The molecule has 0 aliphatic carbocycles. The number of anilines is 1. The lowest BCUT2D eigenvalue weighted by Gasteiger charge is -2.10. The lowest BCUT2D eigenvalue weighted by molar-refractivity contribution is 0.0952. The first-order valence-corrected chi connectivity index (χ1v) is 13.5. The second-order valence-corrected chi connectivity index (χ2v) is 11.2. The lowest BCUT2D eigenvalue weighted by atomic mass is 10.2. The van der Waals surface area contributed by atoms with Gasteiger partial charge in [0.1, 0.15) is 16.2 Å². The highest BCUT2D eigenvalue weighted by Crippen LogP contribution is 2.35. The number of hydrogen-bond donors (Lipinski definition) is 2. The maximum absolute atomic E-state index is 13.7. The van der Waals surface area contributed by atoms with Crippen molar-refractivity contribution in [1.29, 1.82) is 0 Å². The van der Waals surface area contributed by atoms with E-state index in [4.69, 9.17) is 28.9 Å². The summed E-state index contributed by atoms with van der Waals surface area (Å²) in [6.07, 6.45) is 0. The number of para-hydroxylation sites is 2. The molecule has 2 heterocycles. The molecule has 8 nitrogen and oxygen atoms in total. The number of rotatable bonds is 6. The Hall–Kier alpha value is -3.66. The van der Waals surface area contributed by atoms with Gasteiger partial charge in [-0.05, 0) is 49.4 Å². The number of sulfone groups is 1. The summed E-state index contributed by atoms with van der Waals surface area (Å²) in [7, 11) is -4.02. The van der Waals surface area contributed by atoms with Crippen molar-refractivity contribution in [2.45, 2.75) is 23.3 Å². The van der Waals surface area contributed by atoms with Gasteiger partial charge in [0.05, 0.1) is 26.5 Å². The predicted molar refractivity (Wildman–Crippen MR) is 145 cm³/mol. The minimum atomic E-state index is -4.02. The number of benzene rings is 3. The Morgan fingerprint density at radius 1 is 1.00 bits per heavy atom. The molecular weight excluding hydrogens is 533 g/mol. The van der Waals surface area contributed by atoms with Gasteiger partial charge in [-0.25, -0.2) is 18.4 Å². The van der Waals surface area contributed by atoms with E-state index in [0.717, 1.165) is 5.56 Å². The number of aryl methyl sites for hydroxylation is 1. The molecule has 2 aromatic heterocycles. The summed E-state index contributed by atoms with van der Waals surface area (Å²) in [5.41, 5.74) is 9.26. The number of hydrogen-bond acceptors (Lipinski definition) is 6. The first kappa shape index (κ1) is 25.0. The van der Waals surface area contributed by atoms with E-state index in [-0.39, 0.29) is 44.8 Å². The molecule has 5 aromatic rings. The van der Waals surface area contributed by atoms with E-state index in [0.29, 0.717) is 21.7 Å². The van der Waals surface area contributed by atoms with Crippen molar-refractivity contribution in [1.82, 2.24) is 19.9 Å². The second-order valence-electron chi connectivity index (χ2n) is 8.45. The van der Waals surface area contributed by atoms with Crippen LogP contribution >= 0.6 is 23.2 Å². The number of halogens is 2. The van der Waals surface area contributed by atoms with Crippen LogP contribution in [0.15, 0.2) is 76.5 Å². The molecule has 5 rings (SSSR count). The number of fused-ring (bicyclic) bond motifs is 2. The number of nitrogen functional groups attached to an aromatic ring is 1. The van der Waals surface area contributed by atoms with Crippen LogP contribution in [0.25, 0.3) is 22.2 Å². The van der Waals surface area contributed by atoms with E-state index in [1.54, 1.807) is 41.0 Å². The van der Waals surface area contributed by atoms with Crippen molar-refractivity contribution in [2.24, 2.45) is 0 Å². The van der Waals surface area contributed by atoms with Crippen LogP contribution in [0.5, 0.6) is 0 Å². The summed E-state index contributed by atoms with van der Waals surface area (Å²) >= 11 is 12.1. The van der Waals surface area contributed by atoms with Gasteiger partial charge < -0.3 is 15.6 Å². The average molecular weight is 554 g/mol. The van der Waals surface area contributed by atoms with Gasteiger partial charge in [0.2, 0.25) is 9.84 Å². The molecule has 188 valence electrons. The first-order chi connectivity index (χ1) is 17.7. The Labute approximate surface area is 223 Å². The Morgan fingerprint density at radius 3 is 2.35 bits per heavy atom. The third kappa shape index (κ3) is 4.61. The largest absolute Gasteiger partial charge is 0.384 e. The molecule has 0 fully saturated rings. The van der Waals surface area contributed by atoms with E-state index < -0.39 is 15.7 Å². The summed E-state index contributed by atoms with van der Waals surface area (Å²) in [4.78, 5) is 21.9. The van der Waals surface area contributed by atoms with Gasteiger partial charge in [-0.2, -0.15) is 0 Å². The quantitative estimate of drug-likeness (QED) is 0.303. The fraction of sp³-hybridized carbons (Fsp3) is 0.115. The maximum atomic E-state index is 13.7. The number of carbonyl (C=O) groups is 1. The van der Waals surface area contributed by atoms with Crippen molar-refractivity contribution in [3.63, 3.8) is 0 Å². The molecule has 0 bridgehead atoms. The Bertz CT molecular complexity index is 1780. The maximum Gasteiger partial charge on any atom is 0.252 e. The highest BCUT2D eigenvalue weighted by molar-refractivity contribution is 7.92. The molecular formula is C26H21Cl2N5O3S. The molecule has 0 saturated heterocycles. The molecule has 0 spiro atoms. The van der Waals surface area contributed by atoms with Gasteiger partial charge in [-0.15, -0.1) is 0 Å². The van der Waals surface area contributed by atoms with Crippen molar-refractivity contribution < 1.29 is 13.2 Å². The topological polar surface area (TPSA) is 120 Å². The molecule has 3 aromatic carbocycles. The van der Waals surface area contributed by atoms with Gasteiger partial charge >= 0.3 is 0 Å². The molecule has 37 heavy (non-hydrogen) atoms. The normalized spacial score (nSPS) is 11.8. The number of nitrogens with one attached hydrogen (secondary N) is 1. The summed E-state index contributed by atoms with van der Waals surface area (Å²) in [6, 6.07) is 18.3. The molecule has 0 saturated carbocycles. The molecule has 11 heteroatoms. The van der Waals surface area contributed by atoms with E-state index in [2.05, 4.69) is 15.3 Å². The Morgan fingerprint density at radius 2 is 1.68 bits per heavy atom. The van der Waals surface area contributed by atoms with Crippen molar-refractivity contribution in [2.75, 3.05) is 12.3 Å². The standard InChI is InChI=1S/C26H21Cl2N5O3S/c1-15-6-9-17(10-7-15)37(35,36)23-22-25(32-21-5-3-2-4-20(21)31-22)33(24(23)29)13-12-30-26(34)18-11-8-16(27)14-19(18)28/h2-11,14H,12-13,29H2,1H3,(H,30,34). The zero-order valence-corrected chi connectivity index (χ0v) is 21.9. The van der Waals surface area contributed by atoms with Crippen LogP contribution in [0.2, 0.25) is 10.0 Å². The minimum absolute atomic E-state index is 0.00958. The predicted octanol–water partition coefficient (Wildman–Crippen LogP) is 5.04. The number of carbonyl (C=O) groups excluding carboxylic acids is 1. The first-order valence-electron chi connectivity index (χ1n) is 11.3. The number of amides is 1. The zero-order chi connectivity index (χ0) is 26.3. The zero-order valence-electron chi connectivity index (χ0n) is 19.6. The summed E-state index contributed by atoms with van der Waals surface area (Å²) < 4.78 is 29.0. The molecule has 0 unspecified atom stereocenters. The van der Waals surface area contributed by atoms with Gasteiger partial charge in [0.15, 0.2) is 5.65 Å². The van der Waals surface area contributed by atoms with Gasteiger partial charge in [-0.1, -0.05) is 53.0 Å². The van der Waals surface area contributed by atoms with Gasteiger partial charge in [-0.3, -0.25) is 4.79 Å². The van der Waals surface area contributed by atoms with E-state index in [1.807, 2.05) is 13.0 Å². The van der Waals surface area contributed by atoms with Crippen molar-refractivity contribution >= 4 is 67.0 Å². The van der Waals surface area contributed by atoms with Crippen LogP contribution in [0, 0.1) is 6.92 Å². The third-order valence-electron chi connectivity index (χ3n) is 5.94. The smallest absolute Gasteiger partial charge is 0.252 e. The van der Waals surface area contributed by atoms with E-state index >= 15 is 0 Å². The lowest BCUT2D eigenvalue weighted by Crippen LogP contribution is -2.28. The van der Waals surface area contributed by atoms with Crippen LogP contribution < -0.4 is 11.1 Å². The molecule has 0 aliphatic rings. The van der Waals surface area contributed by atoms with Crippen LogP contribution in [0.4, 0.5) is 5.82 Å². The minimum Gasteiger partial charge on any atom is -0.384 e. The molecule has 0 atom stereocenters. The van der Waals surface area contributed by atoms with Crippen LogP contribution in [-0.4, -0.2) is 35.4 Å². The van der Waals surface area contributed by atoms with Crippen LogP contribution in [0.3, 0.4) is 0 Å². The number of aromatic nitrogens is 3. The highest BCUT2D eigenvalue weighted by Gasteiger charge is 2.30. The van der Waals surface area contributed by atoms with Gasteiger partial charge in [0.25, 0.3) is 5.91 Å². The SMILES string of the molecule is Cc1ccc(S(=O)(=O)c2c(N)n(CCNC(=O)c3ccc(Cl)cc3Cl)c3nc4ccccc4nc23)cc1. The third-order valence-corrected chi connectivity index (χ3v) is 8.32. The van der Waals surface area contributed by atoms with E-state index in [9.17, 15) is 13.2 Å². The summed E-state index contributed by atoms with van der Waals surface area (Å²) in [6.45, 7) is 2.15. The molecule has 0 aliphatic heterocycles. The Kier molecular flexibility index (Phi) is 6.53. The summed E-state index contributed by atoms with van der Waals surface area (Å²) in [5, 5.41) is 3.42. The van der Waals surface area contributed by atoms with Crippen molar-refractivity contribution in [3.8, 4) is 0 Å². The molecule has 3 N–H and O–H groups in total. The fourth-order valence-corrected chi connectivity index (χ4v) is 6.07. The second kappa shape index (κ2) is 9.66. The Balaban J connectivity index is 1.56. The highest BCUT2D eigenvalue weighted by atomic mass is 35.5. The monoisotopic (exact) mass is 553 g/mol. The van der Waals surface area contributed by atoms with E-state index in [1.165, 1.54) is 24.3 Å². The molecule has 1 amide bonds. The van der Waals surface area contributed by atoms with Gasteiger partial charge in [0, 0.05) is 18.1 Å². The number of nitrogens with zero attached hydrogens (tertiary/aromatic N) is 3. The molecule has 0 radical (unpaired) electrons. The van der Waals surface area contributed by atoms with Crippen LogP contribution in [0.1, 0.15) is 15.9 Å². The van der Waals surface area contributed by atoms with Crippen molar-refractivity contribution in [3.05, 3.63) is 87.9 Å². The summed E-state index contributed by atoms with van der Waals surface area (Å²) in [5.74, 6) is -0.412. The average Bonchev–Trinajstić information content (AvgIpc) is 3.13. The van der Waals surface area contributed by atoms with Crippen LogP contribution in [-0.2, 0) is 16.4 Å².